The Morgan fingerprint density at radius 1 is 0.383 bits per heavy atom. The highest BCUT2D eigenvalue weighted by Crippen LogP contribution is 2.47. The van der Waals surface area contributed by atoms with Gasteiger partial charge in [-0.1, -0.05) is 151 Å². The maximum Gasteiger partial charge on any atom is 0.136 e. The van der Waals surface area contributed by atoms with Crippen LogP contribution in [-0.2, 0) is 0 Å². The first-order valence-corrected chi connectivity index (χ1v) is 14.5. The lowest BCUT2D eigenvalue weighted by Gasteiger charge is -2.20. The molecule has 0 aliphatic rings. The van der Waals surface area contributed by atoms with Gasteiger partial charge in [0, 0.05) is 10.8 Å². The van der Waals surface area contributed by atoms with Gasteiger partial charge in [-0.2, -0.15) is 0 Å². The van der Waals surface area contributed by atoms with Crippen LogP contribution in [-0.4, -0.2) is 0 Å². The molecule has 10 rings (SSSR count). The fraction of sp³-hybridized carbons (Fsp3) is 0. The summed E-state index contributed by atoms with van der Waals surface area (Å²) in [6, 6.07) is -5.52. The van der Waals surface area contributed by atoms with Crippen molar-refractivity contribution in [1.29, 1.82) is 0 Å². The monoisotopic (exact) mass is 617 g/mol. The van der Waals surface area contributed by atoms with Crippen LogP contribution in [0.3, 0.4) is 0 Å². The smallest absolute Gasteiger partial charge is 0.136 e. The highest BCUT2D eigenvalue weighted by molar-refractivity contribution is 6.25. The van der Waals surface area contributed by atoms with Gasteiger partial charge in [0.25, 0.3) is 0 Å². The van der Waals surface area contributed by atoms with E-state index in [0.29, 0.717) is 21.9 Å². The van der Waals surface area contributed by atoms with Crippen LogP contribution in [0, 0.1) is 0 Å². The second-order valence-electron chi connectivity index (χ2n) is 10.8. The molecule has 10 aromatic rings. The van der Waals surface area contributed by atoms with Crippen LogP contribution in [0.25, 0.3) is 98.4 Å². The fourth-order valence-corrected chi connectivity index (χ4v) is 6.34. The Balaban J connectivity index is 1.54. The molecule has 0 unspecified atom stereocenters. The molecule has 0 amide bonds. The Kier molecular flexibility index (Phi) is 2.79. The van der Waals surface area contributed by atoms with E-state index in [4.69, 9.17) is 19.5 Å². The van der Waals surface area contributed by atoms with Gasteiger partial charge in [0.2, 0.25) is 0 Å². The standard InChI is InChI=1S/C46H28O/c1-2-13-30-28-31(25-24-29(30)12-1)44-36-16-5-7-18-38(36)45(39-19-8-6-17-37(39)44)40-27-26-34(32-14-3-4-15-33(32)40)35-21-11-23-43-46(35)41-20-9-10-22-42(41)47-43/h1-28H/i1D,2D,3D,4D,5D,6D,7D,8D,12D,13D,14D,15D,16D,17D,18D,19D,24D,25D,26D,27D,28D. The molecule has 0 saturated carbocycles. The van der Waals surface area contributed by atoms with Crippen molar-refractivity contribution in [3.8, 4) is 33.4 Å². The van der Waals surface area contributed by atoms with Crippen molar-refractivity contribution >= 4 is 65.0 Å². The number of fused-ring (bicyclic) bond motifs is 7. The summed E-state index contributed by atoms with van der Waals surface area (Å²) in [6.07, 6.45) is 0. The summed E-state index contributed by atoms with van der Waals surface area (Å²) < 4.78 is 198. The molecule has 0 N–H and O–H groups in total. The molecule has 0 aliphatic carbocycles. The molecule has 1 heterocycles. The van der Waals surface area contributed by atoms with Crippen LogP contribution < -0.4 is 0 Å². The minimum Gasteiger partial charge on any atom is -0.456 e. The molecule has 0 spiro atoms. The minimum atomic E-state index is -0.906. The second-order valence-corrected chi connectivity index (χ2v) is 10.8. The van der Waals surface area contributed by atoms with Crippen LogP contribution in [0.15, 0.2) is 174 Å². The third-order valence-corrected chi connectivity index (χ3v) is 8.30. The predicted molar refractivity (Wildman–Crippen MR) is 200 cm³/mol. The third-order valence-electron chi connectivity index (χ3n) is 8.30. The molecule has 0 radical (unpaired) electrons. The quantitative estimate of drug-likeness (QED) is 0.180. The zero-order chi connectivity index (χ0) is 49.2. The van der Waals surface area contributed by atoms with Gasteiger partial charge in [0.1, 0.15) is 11.2 Å². The summed E-state index contributed by atoms with van der Waals surface area (Å²) >= 11 is 0. The Bertz CT molecular complexity index is 3960. The average molecular weight is 618 g/mol. The zero-order valence-electron chi connectivity index (χ0n) is 44.9. The normalized spacial score (nSPS) is 18.1. The molecule has 9 aromatic carbocycles. The van der Waals surface area contributed by atoms with Crippen molar-refractivity contribution in [2.75, 3.05) is 0 Å². The van der Waals surface area contributed by atoms with Crippen LogP contribution >= 0.6 is 0 Å². The molecule has 1 aromatic heterocycles. The van der Waals surface area contributed by atoms with E-state index in [0.717, 1.165) is 0 Å². The lowest BCUT2D eigenvalue weighted by molar-refractivity contribution is 0.669. The Morgan fingerprint density at radius 3 is 1.70 bits per heavy atom. The maximum absolute atomic E-state index is 9.90. The molecule has 0 fully saturated rings. The van der Waals surface area contributed by atoms with E-state index in [1.54, 1.807) is 42.5 Å². The molecule has 0 aliphatic heterocycles. The fourth-order valence-electron chi connectivity index (χ4n) is 6.34. The average Bonchev–Trinajstić information content (AvgIpc) is 3.71. The van der Waals surface area contributed by atoms with Crippen LogP contribution in [0.1, 0.15) is 28.8 Å². The molecule has 0 atom stereocenters. The van der Waals surface area contributed by atoms with Crippen LogP contribution in [0.5, 0.6) is 0 Å². The highest BCUT2D eigenvalue weighted by Gasteiger charge is 2.20. The van der Waals surface area contributed by atoms with Gasteiger partial charge in [-0.05, 0) is 94.6 Å². The SMILES string of the molecule is [2H]c1c([2H])c([2H])c2c([2H])c(-c3c4c([2H])c([2H])c([2H])c([2H])c4c(-c4c([2H])c([2H])c(-c5cccc6oc7ccccc7c56)c5c([2H])c([2H])c([2H])c([2H])c45)c4c([2H])c([2H])c([2H])c([2H])c34)c([2H])c([2H])c2c1[2H]. The topological polar surface area (TPSA) is 13.1 Å². The summed E-state index contributed by atoms with van der Waals surface area (Å²) in [5.41, 5.74) is -1.58. The molecular weight excluding hydrogens is 569 g/mol. The number of hydrogen-bond donors (Lipinski definition) is 0. The first-order chi connectivity index (χ1) is 32.1. The molecule has 0 saturated heterocycles. The Hall–Kier alpha value is -6.18. The number of rotatable bonds is 3. The molecule has 47 heavy (non-hydrogen) atoms. The summed E-state index contributed by atoms with van der Waals surface area (Å²) in [6.45, 7) is 0. The van der Waals surface area contributed by atoms with Gasteiger partial charge in [0.05, 0.1) is 28.8 Å². The van der Waals surface area contributed by atoms with Gasteiger partial charge in [0.15, 0.2) is 0 Å². The molecule has 0 bridgehead atoms. The largest absolute Gasteiger partial charge is 0.456 e. The Morgan fingerprint density at radius 2 is 0.957 bits per heavy atom. The van der Waals surface area contributed by atoms with Crippen molar-refractivity contribution < 1.29 is 33.2 Å². The van der Waals surface area contributed by atoms with E-state index in [1.807, 2.05) is 0 Å². The number of hydrogen-bond acceptors (Lipinski definition) is 1. The van der Waals surface area contributed by atoms with Crippen molar-refractivity contribution in [2.24, 2.45) is 0 Å². The van der Waals surface area contributed by atoms with E-state index in [1.165, 1.54) is 0 Å². The van der Waals surface area contributed by atoms with Gasteiger partial charge >= 0.3 is 0 Å². The molecule has 1 nitrogen and oxygen atoms in total. The summed E-state index contributed by atoms with van der Waals surface area (Å²) in [5.74, 6) is 0. The number of furan rings is 1. The lowest BCUT2D eigenvalue weighted by atomic mass is 9.83. The number of para-hydroxylation sites is 1. The summed E-state index contributed by atoms with van der Waals surface area (Å²) in [4.78, 5) is 0. The van der Waals surface area contributed by atoms with Gasteiger partial charge in [-0.3, -0.25) is 0 Å². The first kappa shape index (κ1) is 12.9. The van der Waals surface area contributed by atoms with Crippen molar-refractivity contribution in [3.05, 3.63) is 169 Å². The van der Waals surface area contributed by atoms with E-state index < -0.39 is 187 Å². The summed E-state index contributed by atoms with van der Waals surface area (Å²) in [7, 11) is 0. The molecular formula is C46H28O. The third kappa shape index (κ3) is 3.90. The Labute approximate surface area is 301 Å². The minimum absolute atomic E-state index is 0.145. The zero-order valence-corrected chi connectivity index (χ0v) is 23.9. The van der Waals surface area contributed by atoms with Gasteiger partial charge in [-0.25, -0.2) is 0 Å². The highest BCUT2D eigenvalue weighted by atomic mass is 16.3. The second kappa shape index (κ2) is 10.2. The van der Waals surface area contributed by atoms with E-state index in [-0.39, 0.29) is 16.5 Å². The maximum atomic E-state index is 9.90. The van der Waals surface area contributed by atoms with Crippen LogP contribution in [0.4, 0.5) is 0 Å². The van der Waals surface area contributed by atoms with Crippen LogP contribution in [0.2, 0.25) is 0 Å². The van der Waals surface area contributed by atoms with E-state index >= 15 is 0 Å². The van der Waals surface area contributed by atoms with Gasteiger partial charge in [-0.15, -0.1) is 0 Å². The van der Waals surface area contributed by atoms with Crippen molar-refractivity contribution in [2.45, 2.75) is 0 Å². The lowest BCUT2D eigenvalue weighted by Crippen LogP contribution is -1.92. The number of benzene rings is 9. The molecule has 1 heteroatoms. The molecule has 218 valence electrons. The van der Waals surface area contributed by atoms with E-state index in [9.17, 15) is 13.7 Å². The van der Waals surface area contributed by atoms with Crippen molar-refractivity contribution in [1.82, 2.24) is 0 Å². The van der Waals surface area contributed by atoms with Gasteiger partial charge < -0.3 is 4.42 Å². The van der Waals surface area contributed by atoms with Crippen molar-refractivity contribution in [3.63, 3.8) is 0 Å². The predicted octanol–water partition coefficient (Wildman–Crippen LogP) is 13.2. The van der Waals surface area contributed by atoms with E-state index in [2.05, 4.69) is 0 Å². The first-order valence-electron chi connectivity index (χ1n) is 25.0. The summed E-state index contributed by atoms with van der Waals surface area (Å²) in [5, 5.41) is -3.31.